The highest BCUT2D eigenvalue weighted by atomic mass is 16.2. The summed E-state index contributed by atoms with van der Waals surface area (Å²) in [6, 6.07) is 7.95. The number of hydrogen-bond acceptors (Lipinski definition) is 4. The largest absolute Gasteiger partial charge is 0.371 e. The second-order valence-corrected chi connectivity index (χ2v) is 7.16. The Balaban J connectivity index is 1.51. The molecule has 2 aliphatic rings. The molecule has 6 nitrogen and oxygen atoms in total. The fourth-order valence-corrected chi connectivity index (χ4v) is 3.72. The molecule has 4 N–H and O–H groups in total. The van der Waals surface area contributed by atoms with Crippen LogP contribution in [0.1, 0.15) is 32.1 Å². The highest BCUT2D eigenvalue weighted by molar-refractivity contribution is 5.91. The van der Waals surface area contributed by atoms with Crippen molar-refractivity contribution in [3.05, 3.63) is 24.3 Å². The summed E-state index contributed by atoms with van der Waals surface area (Å²) in [5, 5.41) is 6.35. The summed E-state index contributed by atoms with van der Waals surface area (Å²) in [7, 11) is 0. The van der Waals surface area contributed by atoms with Crippen molar-refractivity contribution in [3.8, 4) is 0 Å². The van der Waals surface area contributed by atoms with E-state index in [4.69, 9.17) is 5.73 Å². The zero-order valence-electron chi connectivity index (χ0n) is 14.7. The third-order valence-corrected chi connectivity index (χ3v) is 5.33. The number of carbonyl (C=O) groups is 2. The lowest BCUT2D eigenvalue weighted by Crippen LogP contribution is -2.38. The number of nitrogens with one attached hydrogen (secondary N) is 2. The molecule has 2 saturated heterocycles. The molecule has 2 amide bonds. The first-order valence-electron chi connectivity index (χ1n) is 9.26. The second-order valence-electron chi connectivity index (χ2n) is 7.16. The highest BCUT2D eigenvalue weighted by Gasteiger charge is 2.23. The average molecular weight is 344 g/mol. The van der Waals surface area contributed by atoms with Gasteiger partial charge in [0.2, 0.25) is 11.8 Å². The molecule has 0 aliphatic carbocycles. The monoisotopic (exact) mass is 344 g/mol. The third-order valence-electron chi connectivity index (χ3n) is 5.33. The van der Waals surface area contributed by atoms with Crippen molar-refractivity contribution in [1.82, 2.24) is 5.32 Å². The van der Waals surface area contributed by atoms with E-state index >= 15 is 0 Å². The van der Waals surface area contributed by atoms with Crippen LogP contribution in [0.25, 0.3) is 0 Å². The normalized spacial score (nSPS) is 21.3. The molecule has 0 bridgehead atoms. The van der Waals surface area contributed by atoms with E-state index in [-0.39, 0.29) is 17.7 Å². The lowest BCUT2D eigenvalue weighted by atomic mass is 9.96. The zero-order chi connectivity index (χ0) is 17.6. The molecule has 2 fully saturated rings. The van der Waals surface area contributed by atoms with Gasteiger partial charge in [-0.1, -0.05) is 6.07 Å². The van der Waals surface area contributed by atoms with E-state index in [1.165, 1.54) is 6.42 Å². The summed E-state index contributed by atoms with van der Waals surface area (Å²) in [6.45, 7) is 3.74. The summed E-state index contributed by atoms with van der Waals surface area (Å²) in [4.78, 5) is 25.7. The van der Waals surface area contributed by atoms with E-state index < -0.39 is 0 Å². The second kappa shape index (κ2) is 8.34. The molecule has 2 heterocycles. The van der Waals surface area contributed by atoms with Crippen LogP contribution < -0.4 is 21.3 Å². The number of hydrogen-bond donors (Lipinski definition) is 3. The predicted molar refractivity (Wildman–Crippen MR) is 99.4 cm³/mol. The number of anilines is 2. The lowest BCUT2D eigenvalue weighted by Gasteiger charge is -2.32. The van der Waals surface area contributed by atoms with Crippen molar-refractivity contribution in [2.24, 2.45) is 17.6 Å². The van der Waals surface area contributed by atoms with Gasteiger partial charge in [0.25, 0.3) is 0 Å². The van der Waals surface area contributed by atoms with Gasteiger partial charge in [0.1, 0.15) is 0 Å². The molecule has 0 radical (unpaired) electrons. The van der Waals surface area contributed by atoms with Crippen LogP contribution in [0.4, 0.5) is 11.4 Å². The molecule has 1 aromatic carbocycles. The first-order valence-corrected chi connectivity index (χ1v) is 9.26. The van der Waals surface area contributed by atoms with Gasteiger partial charge in [0.15, 0.2) is 0 Å². The molecule has 3 rings (SSSR count). The maximum atomic E-state index is 12.2. The number of rotatable bonds is 6. The van der Waals surface area contributed by atoms with Gasteiger partial charge in [0, 0.05) is 36.8 Å². The number of nitrogens with two attached hydrogens (primary N) is 1. The summed E-state index contributed by atoms with van der Waals surface area (Å²) in [5.41, 5.74) is 7.32. The first-order chi connectivity index (χ1) is 12.1. The molecule has 1 aromatic rings. The quantitative estimate of drug-likeness (QED) is 0.733. The van der Waals surface area contributed by atoms with Crippen molar-refractivity contribution in [2.75, 3.05) is 36.4 Å². The van der Waals surface area contributed by atoms with Crippen LogP contribution in [0.2, 0.25) is 0 Å². The topological polar surface area (TPSA) is 87.5 Å². The van der Waals surface area contributed by atoms with Crippen molar-refractivity contribution in [1.29, 1.82) is 0 Å². The van der Waals surface area contributed by atoms with Gasteiger partial charge in [-0.15, -0.1) is 0 Å². The fourth-order valence-electron chi connectivity index (χ4n) is 3.72. The van der Waals surface area contributed by atoms with Crippen LogP contribution in [0.5, 0.6) is 0 Å². The van der Waals surface area contributed by atoms with E-state index in [1.54, 1.807) is 0 Å². The van der Waals surface area contributed by atoms with Gasteiger partial charge in [-0.05, 0) is 62.9 Å². The van der Waals surface area contributed by atoms with E-state index in [9.17, 15) is 9.59 Å². The summed E-state index contributed by atoms with van der Waals surface area (Å²) >= 11 is 0. The molecule has 1 atom stereocenters. The maximum Gasteiger partial charge on any atom is 0.224 e. The minimum absolute atomic E-state index is 0.00999. The van der Waals surface area contributed by atoms with Gasteiger partial charge in [-0.3, -0.25) is 9.59 Å². The Kier molecular flexibility index (Phi) is 5.91. The average Bonchev–Trinajstić information content (AvgIpc) is 3.14. The zero-order valence-corrected chi connectivity index (χ0v) is 14.7. The van der Waals surface area contributed by atoms with Gasteiger partial charge >= 0.3 is 0 Å². The summed E-state index contributed by atoms with van der Waals surface area (Å²) in [6.07, 6.45) is 4.27. The van der Waals surface area contributed by atoms with Gasteiger partial charge in [-0.25, -0.2) is 0 Å². The molecule has 2 aliphatic heterocycles. The van der Waals surface area contributed by atoms with Crippen LogP contribution >= 0.6 is 0 Å². The Hall–Kier alpha value is -2.08. The van der Waals surface area contributed by atoms with Crippen LogP contribution in [-0.2, 0) is 9.59 Å². The Bertz CT molecular complexity index is 605. The van der Waals surface area contributed by atoms with Crippen LogP contribution in [-0.4, -0.2) is 38.0 Å². The molecule has 0 aromatic heterocycles. The van der Waals surface area contributed by atoms with E-state index in [1.807, 2.05) is 24.3 Å². The summed E-state index contributed by atoms with van der Waals surface area (Å²) in [5.74, 6) is 0.502. The van der Waals surface area contributed by atoms with Gasteiger partial charge < -0.3 is 21.3 Å². The summed E-state index contributed by atoms with van der Waals surface area (Å²) < 4.78 is 0. The molecule has 25 heavy (non-hydrogen) atoms. The molecular weight excluding hydrogens is 316 g/mol. The first kappa shape index (κ1) is 17.7. The maximum absolute atomic E-state index is 12.2. The van der Waals surface area contributed by atoms with Crippen molar-refractivity contribution < 1.29 is 9.59 Å². The lowest BCUT2D eigenvalue weighted by molar-refractivity contribution is -0.122. The van der Waals surface area contributed by atoms with E-state index in [0.717, 1.165) is 56.8 Å². The molecule has 0 saturated carbocycles. The minimum atomic E-state index is -0.196. The number of carbonyl (C=O) groups excluding carboxylic acids is 2. The predicted octanol–water partition coefficient (Wildman–Crippen LogP) is 1.72. The van der Waals surface area contributed by atoms with E-state index in [0.29, 0.717) is 12.3 Å². The fraction of sp³-hybridized carbons (Fsp3) is 0.579. The van der Waals surface area contributed by atoms with Gasteiger partial charge in [0.05, 0.1) is 0 Å². The molecular formula is C19H28N4O2. The molecule has 0 spiro atoms. The van der Waals surface area contributed by atoms with Crippen LogP contribution in [0.3, 0.4) is 0 Å². The molecule has 136 valence electrons. The van der Waals surface area contributed by atoms with Crippen LogP contribution in [0.15, 0.2) is 24.3 Å². The minimum Gasteiger partial charge on any atom is -0.371 e. The van der Waals surface area contributed by atoms with Crippen molar-refractivity contribution in [2.45, 2.75) is 32.1 Å². The van der Waals surface area contributed by atoms with E-state index in [2.05, 4.69) is 15.5 Å². The standard InChI is InChI=1S/C19H28N4O2/c20-19(25)15-7-10-23(11-8-15)17-3-1-2-16(12-17)22-18(24)5-4-14-6-9-21-13-14/h1-3,12,14-15,21H,4-11,13H2,(H2,20,25)(H,22,24). The Labute approximate surface area is 149 Å². The molecule has 6 heteroatoms. The number of piperidine rings is 1. The Morgan fingerprint density at radius 2 is 2.04 bits per heavy atom. The number of primary amides is 1. The van der Waals surface area contributed by atoms with Crippen LogP contribution in [0, 0.1) is 11.8 Å². The third kappa shape index (κ3) is 4.95. The SMILES string of the molecule is NC(=O)C1CCN(c2cccc(NC(=O)CCC3CCNC3)c2)CC1. The Morgan fingerprint density at radius 3 is 2.72 bits per heavy atom. The van der Waals surface area contributed by atoms with Crippen molar-refractivity contribution >= 4 is 23.2 Å². The number of amides is 2. The molecule has 1 unspecified atom stereocenters. The highest BCUT2D eigenvalue weighted by Crippen LogP contribution is 2.25. The number of benzene rings is 1. The van der Waals surface area contributed by atoms with Gasteiger partial charge in [-0.2, -0.15) is 0 Å². The Morgan fingerprint density at radius 1 is 1.24 bits per heavy atom. The van der Waals surface area contributed by atoms with Crippen molar-refractivity contribution in [3.63, 3.8) is 0 Å². The number of nitrogens with zero attached hydrogens (tertiary/aromatic N) is 1. The smallest absolute Gasteiger partial charge is 0.224 e.